The lowest BCUT2D eigenvalue weighted by atomic mass is 10.00. The Morgan fingerprint density at radius 1 is 1.47 bits per heavy atom. The second-order valence-electron chi connectivity index (χ2n) is 4.74. The predicted octanol–water partition coefficient (Wildman–Crippen LogP) is 1.35. The molecule has 1 aliphatic carbocycles. The maximum absolute atomic E-state index is 9.80. The van der Waals surface area contributed by atoms with Crippen LogP contribution in [0.15, 0.2) is 10.9 Å². The van der Waals surface area contributed by atoms with Crippen molar-refractivity contribution in [1.29, 1.82) is 0 Å². The Bertz CT molecular complexity index is 327. The average Bonchev–Trinajstić information content (AvgIpc) is 2.88. The molecule has 0 amide bonds. The SMILES string of the molecule is OC1CCC2CN(Cc3cscn3)CC12. The molecule has 3 rings (SSSR count). The highest BCUT2D eigenvalue weighted by atomic mass is 32.1. The fraction of sp³-hybridized carbons (Fsp3) is 0.727. The number of aliphatic hydroxyl groups is 1. The van der Waals surface area contributed by atoms with Crippen molar-refractivity contribution in [2.75, 3.05) is 13.1 Å². The van der Waals surface area contributed by atoms with E-state index in [2.05, 4.69) is 15.3 Å². The molecule has 82 valence electrons. The summed E-state index contributed by atoms with van der Waals surface area (Å²) in [6, 6.07) is 0. The van der Waals surface area contributed by atoms with Gasteiger partial charge in [0.1, 0.15) is 0 Å². The summed E-state index contributed by atoms with van der Waals surface area (Å²) in [5.41, 5.74) is 3.07. The Balaban J connectivity index is 1.62. The third kappa shape index (κ3) is 1.82. The summed E-state index contributed by atoms with van der Waals surface area (Å²) in [5, 5.41) is 11.9. The third-order valence-electron chi connectivity index (χ3n) is 3.76. The smallest absolute Gasteiger partial charge is 0.0795 e. The van der Waals surface area contributed by atoms with Gasteiger partial charge in [0.05, 0.1) is 17.3 Å². The van der Waals surface area contributed by atoms with E-state index in [1.165, 1.54) is 12.1 Å². The van der Waals surface area contributed by atoms with Crippen LogP contribution in [0.4, 0.5) is 0 Å². The van der Waals surface area contributed by atoms with Crippen molar-refractivity contribution in [2.45, 2.75) is 25.5 Å². The first-order valence-electron chi connectivity index (χ1n) is 5.60. The minimum atomic E-state index is -0.0459. The summed E-state index contributed by atoms with van der Waals surface area (Å²) in [6.45, 7) is 3.17. The lowest BCUT2D eigenvalue weighted by Gasteiger charge is -2.16. The van der Waals surface area contributed by atoms with Crippen LogP contribution in [-0.2, 0) is 6.54 Å². The Hall–Kier alpha value is -0.450. The second kappa shape index (κ2) is 3.85. The summed E-state index contributed by atoms with van der Waals surface area (Å²) in [5.74, 6) is 1.27. The van der Waals surface area contributed by atoms with Gasteiger partial charge in [-0.3, -0.25) is 4.90 Å². The van der Waals surface area contributed by atoms with Gasteiger partial charge in [-0.05, 0) is 18.8 Å². The van der Waals surface area contributed by atoms with Gasteiger partial charge >= 0.3 is 0 Å². The van der Waals surface area contributed by atoms with Crippen LogP contribution in [-0.4, -0.2) is 34.2 Å². The van der Waals surface area contributed by atoms with Crippen molar-refractivity contribution in [3.8, 4) is 0 Å². The maximum atomic E-state index is 9.80. The minimum absolute atomic E-state index is 0.0459. The Labute approximate surface area is 93.8 Å². The molecule has 15 heavy (non-hydrogen) atoms. The van der Waals surface area contributed by atoms with E-state index in [1.807, 2.05) is 5.51 Å². The summed E-state index contributed by atoms with van der Waals surface area (Å²) in [4.78, 5) is 6.74. The molecule has 3 nitrogen and oxygen atoms in total. The number of aromatic nitrogens is 1. The van der Waals surface area contributed by atoms with Crippen molar-refractivity contribution < 1.29 is 5.11 Å². The molecule has 1 saturated carbocycles. The number of thiazole rings is 1. The van der Waals surface area contributed by atoms with Gasteiger partial charge in [0.15, 0.2) is 0 Å². The molecule has 1 saturated heterocycles. The van der Waals surface area contributed by atoms with Crippen molar-refractivity contribution in [2.24, 2.45) is 11.8 Å². The fourth-order valence-electron chi connectivity index (χ4n) is 3.00. The van der Waals surface area contributed by atoms with E-state index < -0.39 is 0 Å². The molecule has 3 unspecified atom stereocenters. The summed E-state index contributed by atoms with van der Waals surface area (Å²) >= 11 is 1.66. The van der Waals surface area contributed by atoms with E-state index in [1.54, 1.807) is 11.3 Å². The van der Waals surface area contributed by atoms with E-state index in [0.29, 0.717) is 5.92 Å². The molecular weight excluding hydrogens is 208 g/mol. The van der Waals surface area contributed by atoms with E-state index in [4.69, 9.17) is 0 Å². The zero-order valence-electron chi connectivity index (χ0n) is 8.67. The summed E-state index contributed by atoms with van der Waals surface area (Å²) in [6.07, 6.45) is 2.18. The number of aliphatic hydroxyl groups excluding tert-OH is 1. The molecule has 0 bridgehead atoms. The maximum Gasteiger partial charge on any atom is 0.0795 e. The topological polar surface area (TPSA) is 36.4 Å². The zero-order chi connectivity index (χ0) is 10.3. The van der Waals surface area contributed by atoms with E-state index in [0.717, 1.165) is 32.0 Å². The van der Waals surface area contributed by atoms with Crippen LogP contribution in [0.25, 0.3) is 0 Å². The molecular formula is C11H16N2OS. The van der Waals surface area contributed by atoms with Crippen molar-refractivity contribution >= 4 is 11.3 Å². The Morgan fingerprint density at radius 3 is 3.13 bits per heavy atom. The summed E-state index contributed by atoms with van der Waals surface area (Å²) in [7, 11) is 0. The molecule has 1 aliphatic heterocycles. The lowest BCUT2D eigenvalue weighted by molar-refractivity contribution is 0.123. The molecule has 1 N–H and O–H groups in total. The van der Waals surface area contributed by atoms with Gasteiger partial charge in [0.2, 0.25) is 0 Å². The van der Waals surface area contributed by atoms with Gasteiger partial charge in [0, 0.05) is 30.9 Å². The molecule has 3 atom stereocenters. The van der Waals surface area contributed by atoms with Crippen LogP contribution in [0.3, 0.4) is 0 Å². The molecule has 0 spiro atoms. The second-order valence-corrected chi connectivity index (χ2v) is 5.46. The zero-order valence-corrected chi connectivity index (χ0v) is 9.49. The first kappa shape index (κ1) is 9.75. The van der Waals surface area contributed by atoms with Crippen LogP contribution in [0, 0.1) is 11.8 Å². The first-order valence-corrected chi connectivity index (χ1v) is 6.54. The van der Waals surface area contributed by atoms with Crippen LogP contribution in [0.5, 0.6) is 0 Å². The minimum Gasteiger partial charge on any atom is -0.393 e. The number of likely N-dealkylation sites (tertiary alicyclic amines) is 1. The van der Waals surface area contributed by atoms with Crippen LogP contribution >= 0.6 is 11.3 Å². The summed E-state index contributed by atoms with van der Waals surface area (Å²) < 4.78 is 0. The van der Waals surface area contributed by atoms with Gasteiger partial charge < -0.3 is 5.11 Å². The lowest BCUT2D eigenvalue weighted by Crippen LogP contribution is -2.24. The molecule has 0 radical (unpaired) electrons. The molecule has 2 heterocycles. The van der Waals surface area contributed by atoms with Gasteiger partial charge in [-0.15, -0.1) is 11.3 Å². The van der Waals surface area contributed by atoms with Crippen LogP contribution < -0.4 is 0 Å². The van der Waals surface area contributed by atoms with Crippen molar-refractivity contribution in [3.63, 3.8) is 0 Å². The first-order chi connectivity index (χ1) is 7.33. The Kier molecular flexibility index (Phi) is 2.50. The number of rotatable bonds is 2. The van der Waals surface area contributed by atoms with Crippen molar-refractivity contribution in [1.82, 2.24) is 9.88 Å². The standard InChI is InChI=1S/C11H16N2OS/c14-11-2-1-8-3-13(5-10(8)11)4-9-6-15-7-12-9/h6-8,10-11,14H,1-5H2. The largest absolute Gasteiger partial charge is 0.393 e. The fourth-order valence-corrected chi connectivity index (χ4v) is 3.55. The van der Waals surface area contributed by atoms with Gasteiger partial charge in [-0.25, -0.2) is 4.98 Å². The normalized spacial score (nSPS) is 35.9. The number of hydrogen-bond acceptors (Lipinski definition) is 4. The molecule has 1 aromatic heterocycles. The number of hydrogen-bond donors (Lipinski definition) is 1. The highest BCUT2D eigenvalue weighted by Crippen LogP contribution is 2.38. The molecule has 1 aromatic rings. The monoisotopic (exact) mass is 224 g/mol. The van der Waals surface area contributed by atoms with Crippen molar-refractivity contribution in [3.05, 3.63) is 16.6 Å². The third-order valence-corrected chi connectivity index (χ3v) is 4.40. The van der Waals surface area contributed by atoms with E-state index >= 15 is 0 Å². The van der Waals surface area contributed by atoms with E-state index in [-0.39, 0.29) is 6.10 Å². The average molecular weight is 224 g/mol. The highest BCUT2D eigenvalue weighted by molar-refractivity contribution is 7.07. The number of fused-ring (bicyclic) bond motifs is 1. The number of nitrogens with zero attached hydrogens (tertiary/aromatic N) is 2. The van der Waals surface area contributed by atoms with Gasteiger partial charge in [-0.2, -0.15) is 0 Å². The van der Waals surface area contributed by atoms with Gasteiger partial charge in [0.25, 0.3) is 0 Å². The highest BCUT2D eigenvalue weighted by Gasteiger charge is 2.41. The molecule has 4 heteroatoms. The van der Waals surface area contributed by atoms with Crippen LogP contribution in [0.2, 0.25) is 0 Å². The molecule has 2 fully saturated rings. The molecule has 2 aliphatic rings. The predicted molar refractivity (Wildman–Crippen MR) is 59.6 cm³/mol. The van der Waals surface area contributed by atoms with E-state index in [9.17, 15) is 5.11 Å². The quantitative estimate of drug-likeness (QED) is 0.823. The molecule has 0 aromatic carbocycles. The van der Waals surface area contributed by atoms with Crippen LogP contribution in [0.1, 0.15) is 18.5 Å². The Morgan fingerprint density at radius 2 is 2.40 bits per heavy atom. The van der Waals surface area contributed by atoms with Gasteiger partial charge in [-0.1, -0.05) is 0 Å².